The molecule has 1 atom stereocenters. The molecule has 1 fully saturated rings. The van der Waals surface area contributed by atoms with Gasteiger partial charge in [0.1, 0.15) is 16.9 Å². The second kappa shape index (κ2) is 7.55. The Morgan fingerprint density at radius 1 is 1.36 bits per heavy atom. The van der Waals surface area contributed by atoms with Crippen LogP contribution in [0.4, 0.5) is 10.1 Å². The van der Waals surface area contributed by atoms with Crippen molar-refractivity contribution in [3.05, 3.63) is 58.6 Å². The van der Waals surface area contributed by atoms with Gasteiger partial charge in [0.2, 0.25) is 11.8 Å². The van der Waals surface area contributed by atoms with E-state index in [1.54, 1.807) is 19.1 Å². The highest BCUT2D eigenvalue weighted by Gasteiger charge is 2.49. The highest BCUT2D eigenvalue weighted by molar-refractivity contribution is 6.30. The number of amides is 3. The Kier molecular flexibility index (Phi) is 5.33. The maximum atomic E-state index is 13.4. The van der Waals surface area contributed by atoms with Crippen molar-refractivity contribution in [1.82, 2.24) is 10.3 Å². The summed E-state index contributed by atoms with van der Waals surface area (Å²) < 4.78 is 13.4. The van der Waals surface area contributed by atoms with Gasteiger partial charge in [0.25, 0.3) is 5.91 Å². The fourth-order valence-corrected chi connectivity index (χ4v) is 3.33. The average Bonchev–Trinajstić information content (AvgIpc) is 2.95. The second-order valence-corrected chi connectivity index (χ2v) is 7.20. The zero-order valence-corrected chi connectivity index (χ0v) is 15.8. The molecule has 1 aliphatic rings. The van der Waals surface area contributed by atoms with E-state index in [-0.39, 0.29) is 23.2 Å². The van der Waals surface area contributed by atoms with E-state index in [0.29, 0.717) is 24.2 Å². The molecule has 3 rings (SSSR count). The number of nitrogens with zero attached hydrogens (tertiary/aromatic N) is 2. The molecule has 28 heavy (non-hydrogen) atoms. The van der Waals surface area contributed by atoms with Crippen LogP contribution in [0.5, 0.6) is 0 Å². The lowest BCUT2D eigenvalue weighted by Crippen LogP contribution is -2.44. The molecule has 0 aliphatic carbocycles. The minimum Gasteiger partial charge on any atom is -0.364 e. The van der Waals surface area contributed by atoms with E-state index in [1.165, 1.54) is 29.3 Å². The standard InChI is InChI=1S/C19H18ClFN4O3/c1-19(17(27)24-9-11-6-12(20)8-13(21)7-11)4-5-25(18(19)28)14-2-3-15(16(22)26)23-10-14/h2-3,6-8,10H,4-5,9H2,1H3,(H2,22,26)(H,24,27)/t19-/m0/s1. The molecule has 2 heterocycles. The first-order chi connectivity index (χ1) is 13.2. The van der Waals surface area contributed by atoms with E-state index in [9.17, 15) is 18.8 Å². The maximum absolute atomic E-state index is 13.4. The molecule has 0 radical (unpaired) electrons. The number of carbonyl (C=O) groups excluding carboxylic acids is 3. The molecular weight excluding hydrogens is 387 g/mol. The number of anilines is 1. The molecule has 7 nitrogen and oxygen atoms in total. The number of primary amides is 1. The fraction of sp³-hybridized carbons (Fsp3) is 0.263. The summed E-state index contributed by atoms with van der Waals surface area (Å²) in [6, 6.07) is 6.97. The zero-order chi connectivity index (χ0) is 20.5. The van der Waals surface area contributed by atoms with Gasteiger partial charge in [-0.2, -0.15) is 0 Å². The number of rotatable bonds is 5. The van der Waals surface area contributed by atoms with Gasteiger partial charge >= 0.3 is 0 Å². The predicted octanol–water partition coefficient (Wildman–Crippen LogP) is 2.03. The first-order valence-corrected chi connectivity index (χ1v) is 8.89. The average molecular weight is 405 g/mol. The number of pyridine rings is 1. The normalized spacial score (nSPS) is 19.0. The van der Waals surface area contributed by atoms with Crippen LogP contribution < -0.4 is 16.0 Å². The lowest BCUT2D eigenvalue weighted by atomic mass is 9.87. The lowest BCUT2D eigenvalue weighted by Gasteiger charge is -2.23. The van der Waals surface area contributed by atoms with Crippen LogP contribution in [0.3, 0.4) is 0 Å². The summed E-state index contributed by atoms with van der Waals surface area (Å²) in [7, 11) is 0. The van der Waals surface area contributed by atoms with Crippen LogP contribution in [0, 0.1) is 11.2 Å². The molecule has 1 aromatic carbocycles. The van der Waals surface area contributed by atoms with Crippen molar-refractivity contribution in [2.45, 2.75) is 19.9 Å². The minimum atomic E-state index is -1.26. The monoisotopic (exact) mass is 404 g/mol. The van der Waals surface area contributed by atoms with Crippen molar-refractivity contribution in [3.63, 3.8) is 0 Å². The summed E-state index contributed by atoms with van der Waals surface area (Å²) in [6.45, 7) is 1.94. The number of hydrogen-bond acceptors (Lipinski definition) is 4. The predicted molar refractivity (Wildman–Crippen MR) is 101 cm³/mol. The van der Waals surface area contributed by atoms with Crippen LogP contribution in [-0.2, 0) is 16.1 Å². The van der Waals surface area contributed by atoms with Crippen molar-refractivity contribution in [2.75, 3.05) is 11.4 Å². The molecule has 0 spiro atoms. The molecule has 146 valence electrons. The first-order valence-electron chi connectivity index (χ1n) is 8.52. The maximum Gasteiger partial charge on any atom is 0.267 e. The third-order valence-electron chi connectivity index (χ3n) is 4.74. The molecular formula is C19H18ClFN4O3. The summed E-state index contributed by atoms with van der Waals surface area (Å²) in [4.78, 5) is 42.0. The van der Waals surface area contributed by atoms with Crippen LogP contribution in [-0.4, -0.2) is 29.3 Å². The summed E-state index contributed by atoms with van der Waals surface area (Å²) in [6.07, 6.45) is 1.68. The van der Waals surface area contributed by atoms with E-state index in [4.69, 9.17) is 17.3 Å². The van der Waals surface area contributed by atoms with Gasteiger partial charge in [0.15, 0.2) is 0 Å². The topological polar surface area (TPSA) is 105 Å². The Bertz CT molecular complexity index is 930. The van der Waals surface area contributed by atoms with Crippen LogP contribution in [0.2, 0.25) is 5.02 Å². The van der Waals surface area contributed by atoms with Crippen molar-refractivity contribution in [2.24, 2.45) is 11.1 Å². The molecule has 1 aromatic heterocycles. The molecule has 0 saturated carbocycles. The van der Waals surface area contributed by atoms with Crippen molar-refractivity contribution >= 4 is 35.0 Å². The van der Waals surface area contributed by atoms with E-state index < -0.39 is 23.0 Å². The highest BCUT2D eigenvalue weighted by atomic mass is 35.5. The summed E-state index contributed by atoms with van der Waals surface area (Å²) in [5.74, 6) is -2.00. The lowest BCUT2D eigenvalue weighted by molar-refractivity contribution is -0.138. The molecule has 9 heteroatoms. The number of carbonyl (C=O) groups is 3. The SMILES string of the molecule is C[C@@]1(C(=O)NCc2cc(F)cc(Cl)c2)CCN(c2ccc(C(N)=O)nc2)C1=O. The van der Waals surface area contributed by atoms with E-state index in [0.717, 1.165) is 0 Å². The summed E-state index contributed by atoms with van der Waals surface area (Å²) in [5.41, 5.74) is 4.96. The van der Waals surface area contributed by atoms with Gasteiger partial charge in [-0.05, 0) is 49.2 Å². The number of nitrogens with two attached hydrogens (primary N) is 1. The van der Waals surface area contributed by atoms with Crippen LogP contribution >= 0.6 is 11.6 Å². The molecule has 0 bridgehead atoms. The fourth-order valence-electron chi connectivity index (χ4n) is 3.08. The molecule has 0 unspecified atom stereocenters. The number of benzene rings is 1. The van der Waals surface area contributed by atoms with Gasteiger partial charge in [-0.3, -0.25) is 14.4 Å². The van der Waals surface area contributed by atoms with Crippen LogP contribution in [0.25, 0.3) is 0 Å². The summed E-state index contributed by atoms with van der Waals surface area (Å²) in [5, 5.41) is 2.90. The van der Waals surface area contributed by atoms with Crippen molar-refractivity contribution < 1.29 is 18.8 Å². The third-order valence-corrected chi connectivity index (χ3v) is 4.96. The second-order valence-electron chi connectivity index (χ2n) is 6.77. The summed E-state index contributed by atoms with van der Waals surface area (Å²) >= 11 is 5.81. The van der Waals surface area contributed by atoms with Crippen molar-refractivity contribution in [3.8, 4) is 0 Å². The van der Waals surface area contributed by atoms with Gasteiger partial charge < -0.3 is 16.0 Å². The number of aromatic nitrogens is 1. The Morgan fingerprint density at radius 3 is 2.71 bits per heavy atom. The van der Waals surface area contributed by atoms with Crippen LogP contribution in [0.1, 0.15) is 29.4 Å². The van der Waals surface area contributed by atoms with Crippen LogP contribution in [0.15, 0.2) is 36.5 Å². The smallest absolute Gasteiger partial charge is 0.267 e. The largest absolute Gasteiger partial charge is 0.364 e. The Balaban J connectivity index is 1.70. The third kappa shape index (κ3) is 3.82. The molecule has 1 saturated heterocycles. The first kappa shape index (κ1) is 19.8. The van der Waals surface area contributed by atoms with Gasteiger partial charge in [0.05, 0.1) is 11.9 Å². The van der Waals surface area contributed by atoms with Gasteiger partial charge in [-0.15, -0.1) is 0 Å². The molecule has 3 N–H and O–H groups in total. The number of nitrogens with one attached hydrogen (secondary N) is 1. The zero-order valence-electron chi connectivity index (χ0n) is 15.0. The number of halogens is 2. The Hall–Kier alpha value is -3.00. The van der Waals surface area contributed by atoms with Gasteiger partial charge in [0, 0.05) is 18.1 Å². The van der Waals surface area contributed by atoms with E-state index >= 15 is 0 Å². The van der Waals surface area contributed by atoms with Crippen molar-refractivity contribution in [1.29, 1.82) is 0 Å². The number of hydrogen-bond donors (Lipinski definition) is 2. The molecule has 1 aliphatic heterocycles. The van der Waals surface area contributed by atoms with E-state index in [1.807, 2.05) is 0 Å². The molecule has 2 aromatic rings. The Morgan fingerprint density at radius 2 is 2.11 bits per heavy atom. The quantitative estimate of drug-likeness (QED) is 0.744. The molecule has 3 amide bonds. The van der Waals surface area contributed by atoms with Gasteiger partial charge in [-0.25, -0.2) is 9.37 Å². The Labute approximate surface area is 165 Å². The minimum absolute atomic E-state index is 0.0497. The van der Waals surface area contributed by atoms with E-state index in [2.05, 4.69) is 10.3 Å². The highest BCUT2D eigenvalue weighted by Crippen LogP contribution is 2.34. The van der Waals surface area contributed by atoms with Gasteiger partial charge in [-0.1, -0.05) is 11.6 Å².